The molecule has 0 spiro atoms. The Hall–Kier alpha value is -1.30. The molecule has 0 aromatic carbocycles. The number of hydrogen-bond acceptors (Lipinski definition) is 3. The van der Waals surface area contributed by atoms with Gasteiger partial charge in [-0.15, -0.1) is 0 Å². The zero-order chi connectivity index (χ0) is 14.6. The van der Waals surface area contributed by atoms with E-state index >= 15 is 0 Å². The second-order valence-electron chi connectivity index (χ2n) is 6.16. The highest BCUT2D eigenvalue weighted by molar-refractivity contribution is 5.87. The molecule has 2 atom stereocenters. The monoisotopic (exact) mass is 271 g/mol. The van der Waals surface area contributed by atoms with Crippen LogP contribution >= 0.6 is 0 Å². The summed E-state index contributed by atoms with van der Waals surface area (Å²) in [6, 6.07) is -1.31. The number of ether oxygens (including phenoxy) is 1. The van der Waals surface area contributed by atoms with E-state index in [1.54, 1.807) is 11.9 Å². The maximum absolute atomic E-state index is 12.4. The Morgan fingerprint density at radius 3 is 2.53 bits per heavy atom. The Bertz CT molecular complexity index is 333. The molecule has 1 aliphatic rings. The molecule has 0 bridgehead atoms. The van der Waals surface area contributed by atoms with E-state index in [1.807, 2.05) is 20.8 Å². The zero-order valence-electron chi connectivity index (χ0n) is 12.2. The van der Waals surface area contributed by atoms with Gasteiger partial charge in [-0.3, -0.25) is 4.79 Å². The van der Waals surface area contributed by atoms with Crippen molar-refractivity contribution in [2.75, 3.05) is 20.2 Å². The first kappa shape index (κ1) is 15.8. The number of nitrogens with one attached hydrogen (secondary N) is 1. The fourth-order valence-corrected chi connectivity index (χ4v) is 2.20. The van der Waals surface area contributed by atoms with Gasteiger partial charge in [-0.25, -0.2) is 4.79 Å². The average Bonchev–Trinajstić information content (AvgIpc) is 2.75. The Labute approximate surface area is 114 Å². The standard InChI is InChI=1S/C13H25N3O3/c1-13(2,3)10(15-12(14)18)11(17)16(4)8-9-6-5-7-19-9/h9-10H,5-8H2,1-4H3,(H3,14,15,18)/t9-,10+/m0/s1. The average molecular weight is 271 g/mol. The minimum atomic E-state index is -0.682. The van der Waals surface area contributed by atoms with Crippen LogP contribution in [0.5, 0.6) is 0 Å². The number of carbonyl (C=O) groups is 2. The van der Waals surface area contributed by atoms with Crippen molar-refractivity contribution in [3.63, 3.8) is 0 Å². The molecule has 0 aliphatic carbocycles. The van der Waals surface area contributed by atoms with Gasteiger partial charge in [0, 0.05) is 20.2 Å². The number of rotatable bonds is 4. The molecule has 19 heavy (non-hydrogen) atoms. The van der Waals surface area contributed by atoms with Crippen LogP contribution in [0.3, 0.4) is 0 Å². The molecule has 0 unspecified atom stereocenters. The molecule has 1 saturated heterocycles. The van der Waals surface area contributed by atoms with Gasteiger partial charge in [0.05, 0.1) is 6.10 Å². The lowest BCUT2D eigenvalue weighted by atomic mass is 9.86. The van der Waals surface area contributed by atoms with Crippen LogP contribution in [0.2, 0.25) is 0 Å². The second kappa shape index (κ2) is 6.23. The molecule has 6 nitrogen and oxygen atoms in total. The predicted octanol–water partition coefficient (Wildman–Crippen LogP) is 0.707. The number of likely N-dealkylation sites (N-methyl/N-ethyl adjacent to an activating group) is 1. The molecule has 3 N–H and O–H groups in total. The number of nitrogens with zero attached hydrogens (tertiary/aromatic N) is 1. The highest BCUT2D eigenvalue weighted by atomic mass is 16.5. The van der Waals surface area contributed by atoms with Crippen molar-refractivity contribution in [3.05, 3.63) is 0 Å². The molecule has 6 heteroatoms. The van der Waals surface area contributed by atoms with E-state index in [1.165, 1.54) is 0 Å². The first-order chi connectivity index (χ1) is 8.71. The number of carbonyl (C=O) groups excluding carboxylic acids is 2. The zero-order valence-corrected chi connectivity index (χ0v) is 12.2. The van der Waals surface area contributed by atoms with Crippen LogP contribution in [0, 0.1) is 5.41 Å². The minimum Gasteiger partial charge on any atom is -0.376 e. The third-order valence-electron chi connectivity index (χ3n) is 3.28. The van der Waals surface area contributed by atoms with Crippen molar-refractivity contribution in [2.24, 2.45) is 11.1 Å². The summed E-state index contributed by atoms with van der Waals surface area (Å²) in [7, 11) is 1.73. The Kier molecular flexibility index (Phi) is 5.17. The molecule has 0 aromatic rings. The summed E-state index contributed by atoms with van der Waals surface area (Å²) >= 11 is 0. The maximum Gasteiger partial charge on any atom is 0.312 e. The van der Waals surface area contributed by atoms with E-state index < -0.39 is 17.5 Å². The van der Waals surface area contributed by atoms with Crippen molar-refractivity contribution >= 4 is 11.9 Å². The second-order valence-corrected chi connectivity index (χ2v) is 6.16. The number of amides is 3. The summed E-state index contributed by atoms with van der Waals surface area (Å²) < 4.78 is 5.51. The van der Waals surface area contributed by atoms with Gasteiger partial charge in [-0.2, -0.15) is 0 Å². The Morgan fingerprint density at radius 1 is 1.47 bits per heavy atom. The van der Waals surface area contributed by atoms with Crippen molar-refractivity contribution in [1.82, 2.24) is 10.2 Å². The highest BCUT2D eigenvalue weighted by Crippen LogP contribution is 2.21. The van der Waals surface area contributed by atoms with Crippen LogP contribution in [0.25, 0.3) is 0 Å². The normalized spacial score (nSPS) is 20.9. The van der Waals surface area contributed by atoms with E-state index in [0.29, 0.717) is 6.54 Å². The van der Waals surface area contributed by atoms with Gasteiger partial charge in [-0.05, 0) is 18.3 Å². The van der Waals surface area contributed by atoms with Crippen LogP contribution in [-0.2, 0) is 9.53 Å². The molecule has 3 amide bonds. The van der Waals surface area contributed by atoms with Crippen molar-refractivity contribution < 1.29 is 14.3 Å². The largest absolute Gasteiger partial charge is 0.376 e. The van der Waals surface area contributed by atoms with Gasteiger partial charge in [-0.1, -0.05) is 20.8 Å². The van der Waals surface area contributed by atoms with Crippen LogP contribution in [-0.4, -0.2) is 49.2 Å². The Morgan fingerprint density at radius 2 is 2.11 bits per heavy atom. The van der Waals surface area contributed by atoms with E-state index in [0.717, 1.165) is 19.4 Å². The van der Waals surface area contributed by atoms with Gasteiger partial charge in [0.15, 0.2) is 0 Å². The summed E-state index contributed by atoms with van der Waals surface area (Å²) in [6.45, 7) is 6.99. The molecule has 0 radical (unpaired) electrons. The predicted molar refractivity (Wildman–Crippen MR) is 72.6 cm³/mol. The van der Waals surface area contributed by atoms with Gasteiger partial charge in [0.25, 0.3) is 0 Å². The van der Waals surface area contributed by atoms with Crippen LogP contribution in [0.15, 0.2) is 0 Å². The van der Waals surface area contributed by atoms with E-state index in [9.17, 15) is 9.59 Å². The molecule has 0 saturated carbocycles. The van der Waals surface area contributed by atoms with Crippen LogP contribution < -0.4 is 11.1 Å². The fraction of sp³-hybridized carbons (Fsp3) is 0.846. The summed E-state index contributed by atoms with van der Waals surface area (Å²) in [4.78, 5) is 25.1. The van der Waals surface area contributed by atoms with Gasteiger partial charge in [0.2, 0.25) is 5.91 Å². The van der Waals surface area contributed by atoms with Crippen molar-refractivity contribution in [1.29, 1.82) is 0 Å². The number of hydrogen-bond donors (Lipinski definition) is 2. The molecule has 1 aliphatic heterocycles. The number of primary amides is 1. The number of urea groups is 1. The summed E-state index contributed by atoms with van der Waals surface area (Å²) in [5.41, 5.74) is 4.75. The van der Waals surface area contributed by atoms with E-state index in [4.69, 9.17) is 10.5 Å². The fourth-order valence-electron chi connectivity index (χ4n) is 2.20. The summed E-state index contributed by atoms with van der Waals surface area (Å²) in [5.74, 6) is -0.137. The molecule has 1 fully saturated rings. The van der Waals surface area contributed by atoms with Gasteiger partial charge < -0.3 is 20.7 Å². The van der Waals surface area contributed by atoms with Gasteiger partial charge in [0.1, 0.15) is 6.04 Å². The molecular weight excluding hydrogens is 246 g/mol. The SMILES string of the molecule is CN(C[C@@H]1CCCO1)C(=O)[C@@H](NC(N)=O)C(C)(C)C. The van der Waals surface area contributed by atoms with Gasteiger partial charge >= 0.3 is 6.03 Å². The molecule has 1 rings (SSSR count). The third-order valence-corrected chi connectivity index (χ3v) is 3.28. The lowest BCUT2D eigenvalue weighted by Gasteiger charge is -2.33. The first-order valence-electron chi connectivity index (χ1n) is 6.64. The smallest absolute Gasteiger partial charge is 0.312 e. The van der Waals surface area contributed by atoms with E-state index in [-0.39, 0.29) is 12.0 Å². The molecule has 110 valence electrons. The number of nitrogens with two attached hydrogens (primary N) is 1. The molecule has 0 aromatic heterocycles. The summed E-state index contributed by atoms with van der Waals surface area (Å²) in [6.07, 6.45) is 2.11. The van der Waals surface area contributed by atoms with E-state index in [2.05, 4.69) is 5.32 Å². The Balaban J connectivity index is 2.66. The lowest BCUT2D eigenvalue weighted by molar-refractivity contribution is -0.135. The minimum absolute atomic E-state index is 0.100. The van der Waals surface area contributed by atoms with Crippen molar-refractivity contribution in [2.45, 2.75) is 45.8 Å². The van der Waals surface area contributed by atoms with Crippen molar-refractivity contribution in [3.8, 4) is 0 Å². The lowest BCUT2D eigenvalue weighted by Crippen LogP contribution is -2.56. The first-order valence-corrected chi connectivity index (χ1v) is 6.64. The maximum atomic E-state index is 12.4. The van der Waals surface area contributed by atoms with Crippen LogP contribution in [0.1, 0.15) is 33.6 Å². The topological polar surface area (TPSA) is 84.7 Å². The quantitative estimate of drug-likeness (QED) is 0.789. The third kappa shape index (κ3) is 4.70. The van der Waals surface area contributed by atoms with Crippen LogP contribution in [0.4, 0.5) is 4.79 Å². The summed E-state index contributed by atoms with van der Waals surface area (Å²) in [5, 5.41) is 2.53. The molecule has 1 heterocycles. The molecular formula is C13H25N3O3. The highest BCUT2D eigenvalue weighted by Gasteiger charge is 2.35.